The van der Waals surface area contributed by atoms with E-state index in [0.717, 1.165) is 27.8 Å². The fourth-order valence-corrected chi connectivity index (χ4v) is 3.21. The minimum Gasteiger partial charge on any atom is -0.415 e. The van der Waals surface area contributed by atoms with Crippen molar-refractivity contribution in [2.24, 2.45) is 7.05 Å². The highest BCUT2D eigenvalue weighted by molar-refractivity contribution is 5.95. The molecule has 0 aliphatic carbocycles. The predicted molar refractivity (Wildman–Crippen MR) is 110 cm³/mol. The third-order valence-corrected chi connectivity index (χ3v) is 4.70. The highest BCUT2D eigenvalue weighted by Crippen LogP contribution is 2.32. The first-order valence-corrected chi connectivity index (χ1v) is 9.30. The molecule has 0 unspecified atom stereocenters. The van der Waals surface area contributed by atoms with Gasteiger partial charge in [0.15, 0.2) is 0 Å². The lowest BCUT2D eigenvalue weighted by Crippen LogP contribution is -1.98. The Hall–Kier alpha value is -4.21. The summed E-state index contributed by atoms with van der Waals surface area (Å²) in [6.07, 6.45) is 1.80. The van der Waals surface area contributed by atoms with Crippen molar-refractivity contribution in [2.45, 2.75) is 6.43 Å². The van der Waals surface area contributed by atoms with Gasteiger partial charge in [0.1, 0.15) is 0 Å². The van der Waals surface area contributed by atoms with Crippen LogP contribution in [-0.4, -0.2) is 29.7 Å². The lowest BCUT2D eigenvalue weighted by atomic mass is 10.0. The van der Waals surface area contributed by atoms with Gasteiger partial charge in [0.05, 0.1) is 22.9 Å². The normalized spacial score (nSPS) is 11.4. The summed E-state index contributed by atoms with van der Waals surface area (Å²) in [7, 11) is 1.93. The average molecular weight is 419 g/mol. The highest BCUT2D eigenvalue weighted by Gasteiger charge is 2.17. The molecule has 0 bridgehead atoms. The molecule has 5 aromatic rings. The standard InChI is InChI=1S/C21H15F2N7O/c1-30-11-26-17-15(12-5-3-2-4-6-12)7-14(8-16(17)30)27-21-24-9-13(10-25-21)19-28-29-20(31-19)18(22)23/h2-11,18H,1H3,(H,24,25,27). The van der Waals surface area contributed by atoms with E-state index >= 15 is 0 Å². The zero-order valence-electron chi connectivity index (χ0n) is 16.2. The Morgan fingerprint density at radius 2 is 1.74 bits per heavy atom. The lowest BCUT2D eigenvalue weighted by Gasteiger charge is -2.10. The van der Waals surface area contributed by atoms with E-state index in [1.54, 1.807) is 6.33 Å². The molecule has 31 heavy (non-hydrogen) atoms. The van der Waals surface area contributed by atoms with Crippen LogP contribution in [0.15, 0.2) is 65.6 Å². The van der Waals surface area contributed by atoms with Crippen molar-refractivity contribution < 1.29 is 13.2 Å². The molecule has 0 aliphatic heterocycles. The van der Waals surface area contributed by atoms with Gasteiger partial charge in [-0.15, -0.1) is 10.2 Å². The number of aryl methyl sites for hydroxylation is 1. The second-order valence-corrected chi connectivity index (χ2v) is 6.78. The van der Waals surface area contributed by atoms with Crippen LogP contribution < -0.4 is 5.32 Å². The first kappa shape index (κ1) is 18.8. The summed E-state index contributed by atoms with van der Waals surface area (Å²) in [5, 5.41) is 10.1. The van der Waals surface area contributed by atoms with Crippen molar-refractivity contribution in [3.63, 3.8) is 0 Å². The molecule has 5 rings (SSSR count). The molecular formula is C21H15F2N7O. The van der Waals surface area contributed by atoms with E-state index in [-0.39, 0.29) is 5.89 Å². The van der Waals surface area contributed by atoms with Crippen LogP contribution in [0.2, 0.25) is 0 Å². The molecule has 8 nitrogen and oxygen atoms in total. The van der Waals surface area contributed by atoms with Gasteiger partial charge in [-0.2, -0.15) is 8.78 Å². The monoisotopic (exact) mass is 419 g/mol. The Bertz CT molecular complexity index is 1350. The highest BCUT2D eigenvalue weighted by atomic mass is 19.3. The topological polar surface area (TPSA) is 94.6 Å². The Kier molecular flexibility index (Phi) is 4.58. The van der Waals surface area contributed by atoms with Crippen LogP contribution in [0.3, 0.4) is 0 Å². The average Bonchev–Trinajstić information content (AvgIpc) is 3.42. The van der Waals surface area contributed by atoms with Crippen molar-refractivity contribution in [3.8, 4) is 22.6 Å². The number of nitrogens with zero attached hydrogens (tertiary/aromatic N) is 6. The zero-order valence-corrected chi connectivity index (χ0v) is 16.2. The molecule has 0 saturated heterocycles. The van der Waals surface area contributed by atoms with Gasteiger partial charge in [-0.3, -0.25) is 0 Å². The van der Waals surface area contributed by atoms with E-state index in [0.29, 0.717) is 11.5 Å². The molecule has 1 N–H and O–H groups in total. The fraction of sp³-hybridized carbons (Fsp3) is 0.0952. The molecule has 0 spiro atoms. The number of aromatic nitrogens is 6. The van der Waals surface area contributed by atoms with Gasteiger partial charge in [-0.05, 0) is 17.7 Å². The number of fused-ring (bicyclic) bond motifs is 1. The van der Waals surface area contributed by atoms with Crippen LogP contribution in [0, 0.1) is 0 Å². The third-order valence-electron chi connectivity index (χ3n) is 4.70. The molecule has 3 heterocycles. The van der Waals surface area contributed by atoms with Gasteiger partial charge in [-0.25, -0.2) is 15.0 Å². The van der Waals surface area contributed by atoms with Crippen LogP contribution in [0.25, 0.3) is 33.6 Å². The van der Waals surface area contributed by atoms with E-state index in [1.165, 1.54) is 12.4 Å². The molecule has 0 radical (unpaired) electrons. The Labute approximate surface area is 174 Å². The quantitative estimate of drug-likeness (QED) is 0.439. The first-order chi connectivity index (χ1) is 15.1. The number of rotatable bonds is 5. The molecule has 0 atom stereocenters. The van der Waals surface area contributed by atoms with Crippen LogP contribution in [0.4, 0.5) is 20.4 Å². The van der Waals surface area contributed by atoms with Gasteiger partial charge in [-0.1, -0.05) is 30.3 Å². The van der Waals surface area contributed by atoms with Gasteiger partial charge >= 0.3 is 6.43 Å². The molecule has 2 aromatic carbocycles. The van der Waals surface area contributed by atoms with E-state index in [9.17, 15) is 8.78 Å². The lowest BCUT2D eigenvalue weighted by molar-refractivity contribution is 0.116. The van der Waals surface area contributed by atoms with E-state index < -0.39 is 12.3 Å². The van der Waals surface area contributed by atoms with Crippen molar-refractivity contribution in [1.29, 1.82) is 0 Å². The fourth-order valence-electron chi connectivity index (χ4n) is 3.21. The third kappa shape index (κ3) is 3.59. The van der Waals surface area contributed by atoms with Crippen LogP contribution in [0.5, 0.6) is 0 Å². The summed E-state index contributed by atoms with van der Waals surface area (Å²) in [6, 6.07) is 13.9. The number of hydrogen-bond acceptors (Lipinski definition) is 7. The van der Waals surface area contributed by atoms with E-state index in [4.69, 9.17) is 4.42 Å². The second-order valence-electron chi connectivity index (χ2n) is 6.78. The summed E-state index contributed by atoms with van der Waals surface area (Å²) < 4.78 is 32.1. The predicted octanol–water partition coefficient (Wildman–Crippen LogP) is 4.76. The minimum atomic E-state index is -2.83. The van der Waals surface area contributed by atoms with Gasteiger partial charge in [0.25, 0.3) is 11.8 Å². The van der Waals surface area contributed by atoms with Gasteiger partial charge in [0.2, 0.25) is 5.95 Å². The maximum absolute atomic E-state index is 12.6. The van der Waals surface area contributed by atoms with Crippen LogP contribution >= 0.6 is 0 Å². The van der Waals surface area contributed by atoms with Crippen molar-refractivity contribution in [1.82, 2.24) is 29.7 Å². The summed E-state index contributed by atoms with van der Waals surface area (Å²) >= 11 is 0. The van der Waals surface area contributed by atoms with Crippen molar-refractivity contribution in [3.05, 3.63) is 67.1 Å². The Morgan fingerprint density at radius 1 is 0.968 bits per heavy atom. The summed E-state index contributed by atoms with van der Waals surface area (Å²) in [6.45, 7) is 0. The van der Waals surface area contributed by atoms with Crippen LogP contribution in [0.1, 0.15) is 12.3 Å². The molecular weight excluding hydrogens is 404 g/mol. The molecule has 0 amide bonds. The minimum absolute atomic E-state index is 0.0653. The molecule has 0 saturated carbocycles. The molecule has 154 valence electrons. The number of hydrogen-bond donors (Lipinski definition) is 1. The molecule has 0 aliphatic rings. The molecule has 10 heteroatoms. The summed E-state index contributed by atoms with van der Waals surface area (Å²) in [5.74, 6) is -0.475. The summed E-state index contributed by atoms with van der Waals surface area (Å²) in [4.78, 5) is 13.0. The molecule has 0 fully saturated rings. The van der Waals surface area contributed by atoms with E-state index in [2.05, 4.69) is 30.5 Å². The Balaban J connectivity index is 1.47. The summed E-state index contributed by atoms with van der Waals surface area (Å²) in [5.41, 5.74) is 4.98. The maximum Gasteiger partial charge on any atom is 0.314 e. The van der Waals surface area contributed by atoms with Gasteiger partial charge < -0.3 is 14.3 Å². The Morgan fingerprint density at radius 3 is 2.45 bits per heavy atom. The number of halogens is 2. The number of benzene rings is 2. The largest absolute Gasteiger partial charge is 0.415 e. The number of nitrogens with one attached hydrogen (secondary N) is 1. The van der Waals surface area contributed by atoms with Crippen molar-refractivity contribution in [2.75, 3.05) is 5.32 Å². The number of anilines is 2. The smallest absolute Gasteiger partial charge is 0.314 e. The first-order valence-electron chi connectivity index (χ1n) is 9.30. The maximum atomic E-state index is 12.6. The van der Waals surface area contributed by atoms with E-state index in [1.807, 2.05) is 54.1 Å². The molecule has 3 aromatic heterocycles. The SMILES string of the molecule is Cn1cnc2c(-c3ccccc3)cc(Nc3ncc(-c4nnc(C(F)F)o4)cn3)cc21. The second kappa shape index (κ2) is 7.56. The number of alkyl halides is 2. The zero-order chi connectivity index (χ0) is 21.4. The number of imidazole rings is 1. The van der Waals surface area contributed by atoms with Gasteiger partial charge in [0, 0.05) is 30.7 Å². The van der Waals surface area contributed by atoms with Crippen LogP contribution in [-0.2, 0) is 7.05 Å². The van der Waals surface area contributed by atoms with Crippen molar-refractivity contribution >= 4 is 22.7 Å².